The molecule has 0 amide bonds. The SMILES string of the molecule is COc1ccc(Br)cc1-c1nc(CSc2nc3ccccc3c(=O)n2C[C@H]2CCCO2)c(C)o1. The van der Waals surface area contributed by atoms with Crippen LogP contribution in [0.1, 0.15) is 24.3 Å². The van der Waals surface area contributed by atoms with Crippen LogP contribution in [0.25, 0.3) is 22.4 Å². The fourth-order valence-electron chi connectivity index (χ4n) is 4.07. The van der Waals surface area contributed by atoms with Gasteiger partial charge in [-0.2, -0.15) is 0 Å². The third-order valence-electron chi connectivity index (χ3n) is 5.86. The van der Waals surface area contributed by atoms with E-state index in [0.29, 0.717) is 40.0 Å². The number of halogens is 1. The molecule has 176 valence electrons. The number of aromatic nitrogens is 3. The molecule has 9 heteroatoms. The van der Waals surface area contributed by atoms with Crippen LogP contribution in [0.3, 0.4) is 0 Å². The number of para-hydroxylation sites is 1. The highest BCUT2D eigenvalue weighted by atomic mass is 79.9. The lowest BCUT2D eigenvalue weighted by atomic mass is 10.2. The Morgan fingerprint density at radius 1 is 1.24 bits per heavy atom. The highest BCUT2D eigenvalue weighted by Gasteiger charge is 2.21. The van der Waals surface area contributed by atoms with Crippen LogP contribution in [0.2, 0.25) is 0 Å². The lowest BCUT2D eigenvalue weighted by Gasteiger charge is -2.16. The zero-order valence-corrected chi connectivity index (χ0v) is 21.3. The predicted octanol–water partition coefficient (Wildman–Crippen LogP) is 5.60. The van der Waals surface area contributed by atoms with Gasteiger partial charge in [0.25, 0.3) is 5.56 Å². The summed E-state index contributed by atoms with van der Waals surface area (Å²) in [7, 11) is 1.62. The third kappa shape index (κ3) is 4.64. The minimum atomic E-state index is -0.0416. The van der Waals surface area contributed by atoms with Gasteiger partial charge in [0.2, 0.25) is 5.89 Å². The van der Waals surface area contributed by atoms with Gasteiger partial charge in [0.15, 0.2) is 5.16 Å². The molecule has 0 unspecified atom stereocenters. The maximum atomic E-state index is 13.3. The predicted molar refractivity (Wildman–Crippen MR) is 135 cm³/mol. The molecule has 34 heavy (non-hydrogen) atoms. The standard InChI is InChI=1S/C25H24BrN3O4S/c1-15-21(27-23(33-15)19-12-16(26)9-10-22(19)31-2)14-34-25-28-20-8-4-3-7-18(20)24(30)29(25)13-17-6-5-11-32-17/h3-4,7-10,12,17H,5-6,11,13-14H2,1-2H3/t17-/m1/s1. The zero-order chi connectivity index (χ0) is 23.7. The van der Waals surface area contributed by atoms with Crippen molar-refractivity contribution in [2.24, 2.45) is 0 Å². The van der Waals surface area contributed by atoms with E-state index in [2.05, 4.69) is 15.9 Å². The van der Waals surface area contributed by atoms with Crippen LogP contribution in [0, 0.1) is 6.92 Å². The van der Waals surface area contributed by atoms with E-state index in [1.165, 1.54) is 11.8 Å². The second kappa shape index (κ2) is 9.93. The van der Waals surface area contributed by atoms with E-state index >= 15 is 0 Å². The van der Waals surface area contributed by atoms with Crippen molar-refractivity contribution < 1.29 is 13.9 Å². The molecule has 2 aromatic carbocycles. The number of benzene rings is 2. The molecule has 1 saturated heterocycles. The van der Waals surface area contributed by atoms with Crippen molar-refractivity contribution in [1.29, 1.82) is 0 Å². The first-order chi connectivity index (χ1) is 16.5. The number of methoxy groups -OCH3 is 1. The fraction of sp³-hybridized carbons (Fsp3) is 0.320. The summed E-state index contributed by atoms with van der Waals surface area (Å²) in [6.07, 6.45) is 2.00. The zero-order valence-electron chi connectivity index (χ0n) is 18.9. The number of hydrogen-bond donors (Lipinski definition) is 0. The molecule has 0 spiro atoms. The molecule has 5 rings (SSSR count). The Hall–Kier alpha value is -2.62. The Morgan fingerprint density at radius 3 is 2.88 bits per heavy atom. The van der Waals surface area contributed by atoms with Crippen molar-refractivity contribution in [3.63, 3.8) is 0 Å². The van der Waals surface area contributed by atoms with Gasteiger partial charge in [-0.05, 0) is 50.1 Å². The first-order valence-electron chi connectivity index (χ1n) is 11.1. The minimum absolute atomic E-state index is 0.0318. The van der Waals surface area contributed by atoms with Crippen molar-refractivity contribution in [1.82, 2.24) is 14.5 Å². The number of thioether (sulfide) groups is 1. The summed E-state index contributed by atoms with van der Waals surface area (Å²) in [4.78, 5) is 22.9. The monoisotopic (exact) mass is 541 g/mol. The molecule has 3 heterocycles. The highest BCUT2D eigenvalue weighted by molar-refractivity contribution is 9.10. The van der Waals surface area contributed by atoms with Crippen LogP contribution < -0.4 is 10.3 Å². The van der Waals surface area contributed by atoms with Crippen molar-refractivity contribution >= 4 is 38.6 Å². The molecule has 0 N–H and O–H groups in total. The van der Waals surface area contributed by atoms with Crippen molar-refractivity contribution in [3.05, 3.63) is 68.7 Å². The molecule has 0 saturated carbocycles. The van der Waals surface area contributed by atoms with Crippen LogP contribution in [-0.4, -0.2) is 34.4 Å². The van der Waals surface area contributed by atoms with E-state index in [-0.39, 0.29) is 11.7 Å². The summed E-state index contributed by atoms with van der Waals surface area (Å²) in [5.41, 5.74) is 2.22. The molecule has 0 bridgehead atoms. The molecule has 4 aromatic rings. The molecule has 2 aromatic heterocycles. The first kappa shape index (κ1) is 23.1. The normalized spacial score (nSPS) is 15.8. The molecule has 0 aliphatic carbocycles. The van der Waals surface area contributed by atoms with E-state index in [9.17, 15) is 4.79 Å². The smallest absolute Gasteiger partial charge is 0.262 e. The van der Waals surface area contributed by atoms with Crippen molar-refractivity contribution in [3.8, 4) is 17.2 Å². The second-order valence-corrected chi connectivity index (χ2v) is 9.98. The van der Waals surface area contributed by atoms with Crippen LogP contribution in [-0.2, 0) is 17.0 Å². The van der Waals surface area contributed by atoms with Gasteiger partial charge in [-0.25, -0.2) is 9.97 Å². The molecule has 1 aliphatic rings. The van der Waals surface area contributed by atoms with E-state index in [1.54, 1.807) is 11.7 Å². The quantitative estimate of drug-likeness (QED) is 0.222. The Bertz CT molecular complexity index is 1390. The van der Waals surface area contributed by atoms with Gasteiger partial charge in [0, 0.05) is 16.8 Å². The number of fused-ring (bicyclic) bond motifs is 1. The Kier molecular flexibility index (Phi) is 6.76. The van der Waals surface area contributed by atoms with Crippen LogP contribution in [0.4, 0.5) is 0 Å². The number of aryl methyl sites for hydroxylation is 1. The summed E-state index contributed by atoms with van der Waals surface area (Å²) < 4.78 is 19.9. The Balaban J connectivity index is 1.46. The van der Waals surface area contributed by atoms with E-state index in [4.69, 9.17) is 23.9 Å². The highest BCUT2D eigenvalue weighted by Crippen LogP contribution is 2.34. The van der Waals surface area contributed by atoms with E-state index in [0.717, 1.165) is 40.9 Å². The summed E-state index contributed by atoms with van der Waals surface area (Å²) in [6, 6.07) is 13.2. The summed E-state index contributed by atoms with van der Waals surface area (Å²) in [6.45, 7) is 3.13. The number of oxazole rings is 1. The molecule has 0 radical (unpaired) electrons. The van der Waals surface area contributed by atoms with E-state index < -0.39 is 0 Å². The van der Waals surface area contributed by atoms with Gasteiger partial charge in [0.05, 0.1) is 41.9 Å². The number of rotatable bonds is 7. The molecule has 1 fully saturated rings. The number of hydrogen-bond acceptors (Lipinski definition) is 7. The average Bonchev–Trinajstić information content (AvgIpc) is 3.49. The van der Waals surface area contributed by atoms with Crippen LogP contribution in [0.5, 0.6) is 5.75 Å². The summed E-state index contributed by atoms with van der Waals surface area (Å²) in [5, 5.41) is 1.27. The number of ether oxygens (including phenoxy) is 2. The first-order valence-corrected chi connectivity index (χ1v) is 12.9. The van der Waals surface area contributed by atoms with E-state index in [1.807, 2.05) is 49.4 Å². The van der Waals surface area contributed by atoms with Gasteiger partial charge in [-0.15, -0.1) is 0 Å². The van der Waals surface area contributed by atoms with Crippen LogP contribution >= 0.6 is 27.7 Å². The lowest BCUT2D eigenvalue weighted by Crippen LogP contribution is -2.28. The van der Waals surface area contributed by atoms with Gasteiger partial charge in [-0.3, -0.25) is 9.36 Å². The second-order valence-electron chi connectivity index (χ2n) is 8.12. The van der Waals surface area contributed by atoms with Gasteiger partial charge < -0.3 is 13.9 Å². The minimum Gasteiger partial charge on any atom is -0.496 e. The maximum absolute atomic E-state index is 13.3. The summed E-state index contributed by atoms with van der Waals surface area (Å²) >= 11 is 4.98. The molecular formula is C25H24BrN3O4S. The third-order valence-corrected chi connectivity index (χ3v) is 7.34. The molecule has 7 nitrogen and oxygen atoms in total. The summed E-state index contributed by atoms with van der Waals surface area (Å²) in [5.74, 6) is 2.42. The molecule has 1 atom stereocenters. The Morgan fingerprint density at radius 2 is 2.09 bits per heavy atom. The maximum Gasteiger partial charge on any atom is 0.262 e. The van der Waals surface area contributed by atoms with Gasteiger partial charge in [-0.1, -0.05) is 39.8 Å². The fourth-order valence-corrected chi connectivity index (χ4v) is 5.44. The average molecular weight is 542 g/mol. The largest absolute Gasteiger partial charge is 0.496 e. The van der Waals surface area contributed by atoms with Gasteiger partial charge >= 0.3 is 0 Å². The van der Waals surface area contributed by atoms with Crippen molar-refractivity contribution in [2.75, 3.05) is 13.7 Å². The lowest BCUT2D eigenvalue weighted by molar-refractivity contribution is 0.0937. The number of nitrogens with zero attached hydrogens (tertiary/aromatic N) is 3. The molecular weight excluding hydrogens is 518 g/mol. The molecule has 1 aliphatic heterocycles. The Labute approximate surface area is 209 Å². The van der Waals surface area contributed by atoms with Crippen LogP contribution in [0.15, 0.2) is 61.3 Å². The van der Waals surface area contributed by atoms with Gasteiger partial charge in [0.1, 0.15) is 11.5 Å². The van der Waals surface area contributed by atoms with Crippen molar-refractivity contribution in [2.45, 2.75) is 43.3 Å². The topological polar surface area (TPSA) is 79.4 Å².